The zero-order valence-corrected chi connectivity index (χ0v) is 26.0. The molecule has 0 fully saturated rings. The lowest BCUT2D eigenvalue weighted by Gasteiger charge is -2.13. The van der Waals surface area contributed by atoms with E-state index in [2.05, 4.69) is 0 Å². The molecule has 0 saturated heterocycles. The van der Waals surface area contributed by atoms with Crippen LogP contribution in [0.2, 0.25) is 0 Å². The Morgan fingerprint density at radius 3 is 1.41 bits per heavy atom. The Morgan fingerprint density at radius 2 is 0.863 bits per heavy atom. The van der Waals surface area contributed by atoms with E-state index in [0.717, 1.165) is 36.6 Å². The quantitative estimate of drug-likeness (QED) is 0.187. The fraction of sp³-hybridized carbons (Fsp3) is 0. The molecule has 0 N–H and O–H groups in total. The number of hydrogen-bond acceptors (Lipinski definition) is 4. The fourth-order valence-corrected chi connectivity index (χ4v) is 6.64. The molecule has 0 aliphatic carbocycles. The van der Waals surface area contributed by atoms with E-state index >= 15 is 0 Å². The van der Waals surface area contributed by atoms with Gasteiger partial charge in [-0.05, 0) is 53.5 Å². The Morgan fingerprint density at radius 1 is 0.412 bits per heavy atom. The van der Waals surface area contributed by atoms with Gasteiger partial charge in [0.15, 0.2) is 5.82 Å². The minimum absolute atomic E-state index is 0.142. The zero-order valence-electron chi connectivity index (χ0n) is 42.0. The van der Waals surface area contributed by atoms with Gasteiger partial charge in [-0.15, -0.1) is 0 Å². The third kappa shape index (κ3) is 4.20. The molecule has 4 aromatic heterocycles. The van der Waals surface area contributed by atoms with Crippen LogP contribution >= 0.6 is 0 Å². The molecule has 0 atom stereocenters. The highest BCUT2D eigenvalue weighted by Crippen LogP contribution is 2.36. The SMILES string of the molecule is [2H]c1c([2H])c([2H])c2c(c1[2H])c1c([2H])c([2H])c([2H])c([2H])c1n2-c1nc(-c2ccc(-c3ccc4oc5ccccc5c4c3)cc2)nc(-n2c3c([2H])c([2H])c([2H])c([2H])c3c3c([2H])c([2H])c([2H])c([2H])c32)n1. The summed E-state index contributed by atoms with van der Waals surface area (Å²) >= 11 is 0. The van der Waals surface area contributed by atoms with Crippen LogP contribution in [0.15, 0.2) is 168 Å². The van der Waals surface area contributed by atoms with Crippen molar-refractivity contribution in [3.8, 4) is 34.4 Å². The van der Waals surface area contributed by atoms with Gasteiger partial charge in [-0.3, -0.25) is 9.13 Å². The van der Waals surface area contributed by atoms with Crippen molar-refractivity contribution in [3.05, 3.63) is 163 Å². The molecule has 11 rings (SSSR count). The lowest BCUT2D eigenvalue weighted by Crippen LogP contribution is -2.10. The second-order valence-electron chi connectivity index (χ2n) is 11.7. The zero-order chi connectivity index (χ0) is 47.4. The average Bonchev–Trinajstić information content (AvgIpc) is 4.02. The van der Waals surface area contributed by atoms with Gasteiger partial charge >= 0.3 is 0 Å². The van der Waals surface area contributed by atoms with Crippen LogP contribution in [0.1, 0.15) is 21.9 Å². The van der Waals surface area contributed by atoms with Crippen molar-refractivity contribution in [2.24, 2.45) is 0 Å². The van der Waals surface area contributed by atoms with E-state index in [1.807, 2.05) is 42.5 Å². The first-order valence-corrected chi connectivity index (χ1v) is 15.7. The smallest absolute Gasteiger partial charge is 0.240 e. The minimum atomic E-state index is -0.696. The standard InChI is InChI=1S/C45H27N5O/c1-6-16-37-31(11-1)32-12-2-7-17-38(32)49(37)44-46-43(47-45(48-44)50-39-18-8-3-13-33(39)34-14-4-9-19-40(34)50)29-23-21-28(22-24-29)30-25-26-42-36(27-30)35-15-5-10-20-41(35)51-42/h1-27H/i1D,2D,3D,4D,6D,7D,8D,9D,11D,12D,13D,14D,16D,17D,18D,19D. The van der Waals surface area contributed by atoms with Gasteiger partial charge in [-0.1, -0.05) is 121 Å². The van der Waals surface area contributed by atoms with Crippen LogP contribution in [0, 0.1) is 0 Å². The summed E-state index contributed by atoms with van der Waals surface area (Å²) in [6, 6.07) is 9.92. The monoisotopic (exact) mass is 669 g/mol. The first kappa shape index (κ1) is 16.6. The Kier molecular flexibility index (Phi) is 3.48. The van der Waals surface area contributed by atoms with Crippen LogP contribution in [0.3, 0.4) is 0 Å². The van der Waals surface area contributed by atoms with E-state index in [-0.39, 0.29) is 49.4 Å². The molecule has 0 aliphatic rings. The molecule has 0 aliphatic heterocycles. The number of aromatic nitrogens is 5. The second-order valence-corrected chi connectivity index (χ2v) is 11.7. The molecule has 11 aromatic rings. The van der Waals surface area contributed by atoms with Crippen molar-refractivity contribution in [1.29, 1.82) is 0 Å². The number of hydrogen-bond donors (Lipinski definition) is 0. The topological polar surface area (TPSA) is 61.7 Å². The molecule has 4 heterocycles. The maximum Gasteiger partial charge on any atom is 0.240 e. The van der Waals surface area contributed by atoms with Gasteiger partial charge in [-0.25, -0.2) is 0 Å². The maximum absolute atomic E-state index is 9.13. The summed E-state index contributed by atoms with van der Waals surface area (Å²) in [7, 11) is 0. The van der Waals surface area contributed by atoms with Gasteiger partial charge in [0.25, 0.3) is 0 Å². The fourth-order valence-electron chi connectivity index (χ4n) is 6.64. The summed E-state index contributed by atoms with van der Waals surface area (Å²) in [6.45, 7) is 0. The molecule has 6 nitrogen and oxygen atoms in total. The summed E-state index contributed by atoms with van der Waals surface area (Å²) in [5.74, 6) is -1.07. The van der Waals surface area contributed by atoms with E-state index < -0.39 is 109 Å². The molecule has 7 aromatic carbocycles. The Bertz CT molecular complexity index is 3730. The lowest BCUT2D eigenvalue weighted by molar-refractivity contribution is 0.669. The van der Waals surface area contributed by atoms with Crippen molar-refractivity contribution < 1.29 is 26.3 Å². The average molecular weight is 670 g/mol. The van der Waals surface area contributed by atoms with Gasteiger partial charge < -0.3 is 4.42 Å². The van der Waals surface area contributed by atoms with Crippen LogP contribution in [0.5, 0.6) is 0 Å². The predicted molar refractivity (Wildman–Crippen MR) is 207 cm³/mol. The Hall–Kier alpha value is -7.05. The van der Waals surface area contributed by atoms with E-state index in [4.69, 9.17) is 41.3 Å². The molecular formula is C45H27N5O. The van der Waals surface area contributed by atoms with Crippen molar-refractivity contribution >= 4 is 65.6 Å². The van der Waals surface area contributed by atoms with Crippen LogP contribution in [-0.2, 0) is 0 Å². The summed E-state index contributed by atoms with van der Waals surface area (Å²) < 4.78 is 149. The van der Waals surface area contributed by atoms with Crippen molar-refractivity contribution in [2.45, 2.75) is 0 Å². The first-order valence-electron chi connectivity index (χ1n) is 23.7. The summed E-state index contributed by atoms with van der Waals surface area (Å²) in [5, 5.41) is 0.785. The van der Waals surface area contributed by atoms with Crippen LogP contribution in [0.4, 0.5) is 0 Å². The summed E-state index contributed by atoms with van der Waals surface area (Å²) in [4.78, 5) is 14.3. The molecule has 0 spiro atoms. The number of furan rings is 1. The van der Waals surface area contributed by atoms with Crippen molar-refractivity contribution in [3.63, 3.8) is 0 Å². The minimum Gasteiger partial charge on any atom is -0.456 e. The number of rotatable bonds is 4. The molecule has 51 heavy (non-hydrogen) atoms. The van der Waals surface area contributed by atoms with Gasteiger partial charge in [-0.2, -0.15) is 15.0 Å². The molecule has 0 bridgehead atoms. The summed E-state index contributed by atoms with van der Waals surface area (Å²) in [5.41, 5.74) is 2.08. The van der Waals surface area contributed by atoms with E-state index in [1.54, 1.807) is 24.3 Å². The van der Waals surface area contributed by atoms with Gasteiger partial charge in [0, 0.05) is 37.9 Å². The molecule has 0 saturated carbocycles. The predicted octanol–water partition coefficient (Wildman–Crippen LogP) is 11.3. The normalized spacial score (nSPS) is 16.3. The van der Waals surface area contributed by atoms with Crippen molar-refractivity contribution in [1.82, 2.24) is 24.1 Å². The first-order chi connectivity index (χ1) is 31.9. The highest BCUT2D eigenvalue weighted by atomic mass is 16.3. The largest absolute Gasteiger partial charge is 0.456 e. The number of nitrogens with zero attached hydrogens (tertiary/aromatic N) is 5. The maximum atomic E-state index is 9.13. The van der Waals surface area contributed by atoms with E-state index in [1.165, 1.54) is 0 Å². The third-order valence-corrected chi connectivity index (χ3v) is 8.93. The molecule has 6 heteroatoms. The van der Waals surface area contributed by atoms with Crippen molar-refractivity contribution in [2.75, 3.05) is 0 Å². The number of para-hydroxylation sites is 5. The lowest BCUT2D eigenvalue weighted by atomic mass is 10.0. The molecule has 0 unspecified atom stereocenters. The van der Waals surface area contributed by atoms with Crippen LogP contribution < -0.4 is 0 Å². The van der Waals surface area contributed by atoms with Gasteiger partial charge in [0.2, 0.25) is 11.9 Å². The second kappa shape index (κ2) is 10.7. The molecule has 0 amide bonds. The highest BCUT2D eigenvalue weighted by molar-refractivity contribution is 6.10. The third-order valence-electron chi connectivity index (χ3n) is 8.93. The molecule has 0 radical (unpaired) electrons. The van der Waals surface area contributed by atoms with Crippen LogP contribution in [-0.4, -0.2) is 24.1 Å². The van der Waals surface area contributed by atoms with E-state index in [9.17, 15) is 0 Å². The Labute approximate surface area is 314 Å². The molecular weight excluding hydrogens is 627 g/mol. The number of benzene rings is 7. The van der Waals surface area contributed by atoms with Gasteiger partial charge in [0.1, 0.15) is 11.2 Å². The highest BCUT2D eigenvalue weighted by Gasteiger charge is 2.20. The van der Waals surface area contributed by atoms with Crippen LogP contribution in [0.25, 0.3) is 100.0 Å². The molecule has 238 valence electrons. The summed E-state index contributed by atoms with van der Waals surface area (Å²) in [6.07, 6.45) is 0. The van der Waals surface area contributed by atoms with Gasteiger partial charge in [0.05, 0.1) is 44.0 Å². The Balaban J connectivity index is 1.27. The number of fused-ring (bicyclic) bond motifs is 9. The van der Waals surface area contributed by atoms with E-state index in [0.29, 0.717) is 11.1 Å².